The maximum Gasteiger partial charge on any atom is 0.255 e. The number of H-pyrrole nitrogens is 1. The van der Waals surface area contributed by atoms with Gasteiger partial charge in [-0.15, -0.1) is 0 Å². The lowest BCUT2D eigenvalue weighted by molar-refractivity contribution is -0.120. The standard InChI is InChI=1S/C18H14FN3O/c19-13-6-3-5-12-15(13)22-17(23)18(12)16-11(8-9-20-18)10-4-1-2-7-14(10)21-16/h1-7,20-21H,8-9H2,(H,22,23). The van der Waals surface area contributed by atoms with Crippen LogP contribution in [0.25, 0.3) is 10.9 Å². The fourth-order valence-corrected chi connectivity index (χ4v) is 3.96. The van der Waals surface area contributed by atoms with E-state index in [0.29, 0.717) is 12.1 Å². The monoisotopic (exact) mass is 307 g/mol. The van der Waals surface area contributed by atoms with Crippen LogP contribution in [0.5, 0.6) is 0 Å². The molecule has 2 aromatic carbocycles. The highest BCUT2D eigenvalue weighted by molar-refractivity contribution is 6.09. The molecule has 0 aliphatic carbocycles. The number of amides is 1. The zero-order valence-corrected chi connectivity index (χ0v) is 12.2. The topological polar surface area (TPSA) is 56.9 Å². The van der Waals surface area contributed by atoms with E-state index in [2.05, 4.69) is 21.7 Å². The van der Waals surface area contributed by atoms with Crippen LogP contribution >= 0.6 is 0 Å². The average molecular weight is 307 g/mol. The first kappa shape index (κ1) is 12.8. The number of aromatic amines is 1. The van der Waals surface area contributed by atoms with E-state index in [1.54, 1.807) is 6.07 Å². The first-order chi connectivity index (χ1) is 11.2. The lowest BCUT2D eigenvalue weighted by Crippen LogP contribution is -2.53. The number of carbonyl (C=O) groups is 1. The van der Waals surface area contributed by atoms with E-state index in [0.717, 1.165) is 28.6 Å². The van der Waals surface area contributed by atoms with Gasteiger partial charge in [-0.05, 0) is 24.1 Å². The summed E-state index contributed by atoms with van der Waals surface area (Å²) < 4.78 is 14.1. The normalized spacial score (nSPS) is 22.2. The Hall–Kier alpha value is -2.66. The van der Waals surface area contributed by atoms with Crippen molar-refractivity contribution in [2.24, 2.45) is 0 Å². The predicted molar refractivity (Wildman–Crippen MR) is 85.8 cm³/mol. The lowest BCUT2D eigenvalue weighted by atomic mass is 9.82. The highest BCUT2D eigenvalue weighted by Crippen LogP contribution is 2.45. The summed E-state index contributed by atoms with van der Waals surface area (Å²) in [6, 6.07) is 12.8. The van der Waals surface area contributed by atoms with Gasteiger partial charge in [-0.2, -0.15) is 0 Å². The van der Waals surface area contributed by atoms with Gasteiger partial charge < -0.3 is 10.3 Å². The number of fused-ring (bicyclic) bond motifs is 6. The Bertz CT molecular complexity index is 978. The molecule has 1 atom stereocenters. The molecule has 23 heavy (non-hydrogen) atoms. The largest absolute Gasteiger partial charge is 0.356 e. The molecule has 0 saturated heterocycles. The van der Waals surface area contributed by atoms with Crippen LogP contribution in [0.3, 0.4) is 0 Å². The Labute approximate surface area is 131 Å². The van der Waals surface area contributed by atoms with Crippen molar-refractivity contribution in [1.29, 1.82) is 0 Å². The molecule has 4 nitrogen and oxygen atoms in total. The second-order valence-electron chi connectivity index (χ2n) is 6.07. The van der Waals surface area contributed by atoms with Crippen LogP contribution in [0.15, 0.2) is 42.5 Å². The smallest absolute Gasteiger partial charge is 0.255 e. The molecular formula is C18H14FN3O. The van der Waals surface area contributed by atoms with Crippen molar-refractivity contribution in [2.45, 2.75) is 12.0 Å². The van der Waals surface area contributed by atoms with E-state index in [-0.39, 0.29) is 11.6 Å². The fourth-order valence-electron chi connectivity index (χ4n) is 3.96. The first-order valence-electron chi connectivity index (χ1n) is 7.67. The van der Waals surface area contributed by atoms with E-state index >= 15 is 0 Å². The van der Waals surface area contributed by atoms with E-state index in [4.69, 9.17) is 0 Å². The molecule has 3 N–H and O–H groups in total. The fraction of sp³-hybridized carbons (Fsp3) is 0.167. The minimum atomic E-state index is -1.04. The van der Waals surface area contributed by atoms with Gasteiger partial charge in [0.05, 0.1) is 11.4 Å². The summed E-state index contributed by atoms with van der Waals surface area (Å²) in [5.41, 5.74) is 2.84. The Morgan fingerprint density at radius 3 is 2.87 bits per heavy atom. The Morgan fingerprint density at radius 1 is 1.09 bits per heavy atom. The summed E-state index contributed by atoms with van der Waals surface area (Å²) in [7, 11) is 0. The third-order valence-corrected chi connectivity index (χ3v) is 4.95. The number of anilines is 1. The van der Waals surface area contributed by atoms with E-state index < -0.39 is 11.4 Å². The minimum Gasteiger partial charge on any atom is -0.356 e. The number of rotatable bonds is 0. The second-order valence-corrected chi connectivity index (χ2v) is 6.07. The molecule has 0 saturated carbocycles. The summed E-state index contributed by atoms with van der Waals surface area (Å²) in [4.78, 5) is 16.2. The summed E-state index contributed by atoms with van der Waals surface area (Å²) in [5, 5.41) is 7.18. The summed E-state index contributed by atoms with van der Waals surface area (Å²) in [6.07, 6.45) is 0.832. The van der Waals surface area contributed by atoms with Crippen molar-refractivity contribution >= 4 is 22.5 Å². The van der Waals surface area contributed by atoms with Crippen molar-refractivity contribution in [3.63, 3.8) is 0 Å². The van der Waals surface area contributed by atoms with E-state index in [1.165, 1.54) is 6.07 Å². The maximum absolute atomic E-state index is 14.1. The number of para-hydroxylation sites is 2. The van der Waals surface area contributed by atoms with Gasteiger partial charge in [0.15, 0.2) is 5.54 Å². The molecular weight excluding hydrogens is 293 g/mol. The molecule has 114 valence electrons. The van der Waals surface area contributed by atoms with Gasteiger partial charge in [0.25, 0.3) is 5.91 Å². The molecule has 1 amide bonds. The first-order valence-corrected chi connectivity index (χ1v) is 7.67. The van der Waals surface area contributed by atoms with Crippen molar-refractivity contribution in [1.82, 2.24) is 10.3 Å². The lowest BCUT2D eigenvalue weighted by Gasteiger charge is -2.33. The van der Waals surface area contributed by atoms with Crippen LogP contribution < -0.4 is 10.6 Å². The van der Waals surface area contributed by atoms with Crippen LogP contribution in [0.2, 0.25) is 0 Å². The van der Waals surface area contributed by atoms with Gasteiger partial charge in [0.2, 0.25) is 0 Å². The van der Waals surface area contributed by atoms with Crippen LogP contribution in [0.4, 0.5) is 10.1 Å². The SMILES string of the molecule is O=C1Nc2c(F)cccc2C12NCCc1c2[nH]c2ccccc12. The van der Waals surface area contributed by atoms with Crippen LogP contribution in [-0.4, -0.2) is 17.4 Å². The predicted octanol–water partition coefficient (Wildman–Crippen LogP) is 2.65. The maximum atomic E-state index is 14.1. The van der Waals surface area contributed by atoms with Gasteiger partial charge in [0, 0.05) is 23.0 Å². The zero-order valence-electron chi connectivity index (χ0n) is 12.2. The number of hydrogen-bond donors (Lipinski definition) is 3. The summed E-state index contributed by atoms with van der Waals surface area (Å²) in [5.74, 6) is -0.636. The summed E-state index contributed by atoms with van der Waals surface area (Å²) >= 11 is 0. The molecule has 1 unspecified atom stereocenters. The van der Waals surface area contributed by atoms with Crippen molar-refractivity contribution in [3.05, 3.63) is 65.1 Å². The number of aromatic nitrogens is 1. The molecule has 0 fully saturated rings. The van der Waals surface area contributed by atoms with E-state index in [9.17, 15) is 9.18 Å². The molecule has 5 rings (SSSR count). The van der Waals surface area contributed by atoms with Crippen molar-refractivity contribution < 1.29 is 9.18 Å². The third-order valence-electron chi connectivity index (χ3n) is 4.95. The number of benzene rings is 2. The van der Waals surface area contributed by atoms with Crippen molar-refractivity contribution in [3.8, 4) is 0 Å². The number of nitrogens with one attached hydrogen (secondary N) is 3. The van der Waals surface area contributed by atoms with Gasteiger partial charge >= 0.3 is 0 Å². The molecule has 2 aliphatic rings. The number of halogens is 1. The second kappa shape index (κ2) is 4.20. The van der Waals surface area contributed by atoms with E-state index in [1.807, 2.05) is 24.3 Å². The Morgan fingerprint density at radius 2 is 1.96 bits per heavy atom. The number of hydrogen-bond acceptors (Lipinski definition) is 2. The minimum absolute atomic E-state index is 0.231. The quantitative estimate of drug-likeness (QED) is 0.598. The van der Waals surface area contributed by atoms with Crippen LogP contribution in [0, 0.1) is 5.82 Å². The average Bonchev–Trinajstić information content (AvgIpc) is 3.08. The van der Waals surface area contributed by atoms with Crippen LogP contribution in [-0.2, 0) is 16.8 Å². The Kier molecular flexibility index (Phi) is 2.35. The molecule has 1 spiro atoms. The third kappa shape index (κ3) is 1.45. The zero-order chi connectivity index (χ0) is 15.6. The highest BCUT2D eigenvalue weighted by Gasteiger charge is 2.52. The van der Waals surface area contributed by atoms with Crippen molar-refractivity contribution in [2.75, 3.05) is 11.9 Å². The molecule has 0 bridgehead atoms. The van der Waals surface area contributed by atoms with Gasteiger partial charge in [-0.3, -0.25) is 10.1 Å². The Balaban J connectivity index is 1.87. The molecule has 1 aromatic heterocycles. The molecule has 0 radical (unpaired) electrons. The molecule has 3 heterocycles. The van der Waals surface area contributed by atoms with Gasteiger partial charge in [0.1, 0.15) is 5.82 Å². The van der Waals surface area contributed by atoms with Gasteiger partial charge in [-0.25, -0.2) is 4.39 Å². The molecule has 5 heteroatoms. The highest BCUT2D eigenvalue weighted by atomic mass is 19.1. The van der Waals surface area contributed by atoms with Gasteiger partial charge in [-0.1, -0.05) is 30.3 Å². The molecule has 3 aromatic rings. The van der Waals surface area contributed by atoms with Crippen LogP contribution in [0.1, 0.15) is 16.8 Å². The number of carbonyl (C=O) groups excluding carboxylic acids is 1. The molecule has 2 aliphatic heterocycles. The summed E-state index contributed by atoms with van der Waals surface area (Å²) in [6.45, 7) is 0.665.